The van der Waals surface area contributed by atoms with Crippen LogP contribution in [0.25, 0.3) is 28.0 Å². The molecule has 0 N–H and O–H groups in total. The van der Waals surface area contributed by atoms with Crippen molar-refractivity contribution in [3.05, 3.63) is 138 Å². The molecule has 0 bridgehead atoms. The minimum absolute atomic E-state index is 0.0970. The molecule has 202 valence electrons. The van der Waals surface area contributed by atoms with Crippen LogP contribution in [0.1, 0.15) is 41.9 Å². The molecule has 3 aliphatic rings. The highest BCUT2D eigenvalue weighted by Crippen LogP contribution is 2.59. The van der Waals surface area contributed by atoms with Crippen LogP contribution in [0.5, 0.6) is 0 Å². The zero-order chi connectivity index (χ0) is 27.4. The molecule has 2 aliphatic carbocycles. The number of hydrogen-bond acceptors (Lipinski definition) is 1. The highest BCUT2D eigenvalue weighted by atomic mass is 79.9. The second-order valence-corrected chi connectivity index (χ2v) is 14.9. The van der Waals surface area contributed by atoms with E-state index in [0.29, 0.717) is 17.8 Å². The van der Waals surface area contributed by atoms with Gasteiger partial charge < -0.3 is 4.74 Å². The topological polar surface area (TPSA) is 9.23 Å². The van der Waals surface area contributed by atoms with Crippen molar-refractivity contribution in [2.75, 3.05) is 6.61 Å². The lowest BCUT2D eigenvalue weighted by Crippen LogP contribution is -2.38. The summed E-state index contributed by atoms with van der Waals surface area (Å²) in [5, 5.41) is 2.69. The fourth-order valence-electron chi connectivity index (χ4n) is 6.60. The minimum atomic E-state index is -0.0970. The summed E-state index contributed by atoms with van der Waals surface area (Å²) in [6, 6.07) is 33.2. The molecule has 4 aromatic carbocycles. The molecule has 1 heterocycles. The third-order valence-electron chi connectivity index (χ3n) is 8.40. The normalized spacial score (nSPS) is 22.0. The third-order valence-corrected chi connectivity index (χ3v) is 10.0. The van der Waals surface area contributed by atoms with Gasteiger partial charge in [0.25, 0.3) is 0 Å². The number of ether oxygens (including phenoxy) is 1. The Morgan fingerprint density at radius 3 is 2.23 bits per heavy atom. The Labute approximate surface area is 254 Å². The monoisotopic (exact) mass is 652 g/mol. The molecule has 0 spiro atoms. The van der Waals surface area contributed by atoms with Crippen molar-refractivity contribution in [1.29, 1.82) is 0 Å². The Balaban J connectivity index is 0.000000429. The van der Waals surface area contributed by atoms with E-state index in [-0.39, 0.29) is 3.23 Å². The van der Waals surface area contributed by atoms with E-state index in [0.717, 1.165) is 19.4 Å². The van der Waals surface area contributed by atoms with Gasteiger partial charge in [0.15, 0.2) is 0 Å². The van der Waals surface area contributed by atoms with E-state index in [1.807, 2.05) is 18.2 Å². The van der Waals surface area contributed by atoms with Crippen LogP contribution in [0, 0.1) is 11.8 Å². The van der Waals surface area contributed by atoms with Crippen LogP contribution >= 0.6 is 31.9 Å². The molecular formula is C37H34Br2O. The van der Waals surface area contributed by atoms with Crippen LogP contribution in [-0.2, 0) is 11.2 Å². The smallest absolute Gasteiger partial charge is 0.106 e. The quantitative estimate of drug-likeness (QED) is 0.199. The van der Waals surface area contributed by atoms with E-state index < -0.39 is 0 Å². The highest BCUT2D eigenvalue weighted by Gasteiger charge is 2.47. The Morgan fingerprint density at radius 1 is 0.825 bits per heavy atom. The number of benzene rings is 4. The number of rotatable bonds is 4. The molecule has 0 aromatic heterocycles. The maximum atomic E-state index is 4.80. The molecule has 1 saturated carbocycles. The van der Waals surface area contributed by atoms with Gasteiger partial charge in [-0.3, -0.25) is 0 Å². The summed E-state index contributed by atoms with van der Waals surface area (Å²) in [6.07, 6.45) is 17.1. The van der Waals surface area contributed by atoms with Gasteiger partial charge >= 0.3 is 0 Å². The zero-order valence-electron chi connectivity index (χ0n) is 22.6. The lowest BCUT2D eigenvalue weighted by atomic mass is 9.66. The molecule has 1 nitrogen and oxygen atoms in total. The Hall–Kier alpha value is -2.88. The Morgan fingerprint density at radius 2 is 1.55 bits per heavy atom. The van der Waals surface area contributed by atoms with Crippen LogP contribution in [0.3, 0.4) is 0 Å². The summed E-state index contributed by atoms with van der Waals surface area (Å²) in [6.45, 7) is 0.733. The number of aryl methyl sites for hydroxylation is 1. The van der Waals surface area contributed by atoms with Crippen molar-refractivity contribution >= 4 is 48.7 Å². The lowest BCUT2D eigenvalue weighted by molar-refractivity contribution is 0.256. The molecular weight excluding hydrogens is 620 g/mol. The zero-order valence-corrected chi connectivity index (χ0v) is 25.7. The van der Waals surface area contributed by atoms with Gasteiger partial charge in [-0.1, -0.05) is 135 Å². The number of fused-ring (bicyclic) bond motifs is 5. The van der Waals surface area contributed by atoms with E-state index in [1.54, 1.807) is 6.26 Å². The average molecular weight is 654 g/mol. The van der Waals surface area contributed by atoms with Crippen molar-refractivity contribution in [2.24, 2.45) is 11.8 Å². The highest BCUT2D eigenvalue weighted by molar-refractivity contribution is 9.25. The first-order valence-electron chi connectivity index (χ1n) is 14.2. The largest absolute Gasteiger partial charge is 0.497 e. The second kappa shape index (κ2) is 12.3. The van der Waals surface area contributed by atoms with E-state index in [2.05, 4.69) is 135 Å². The standard InChI is InChI=1S/C32H28Br2.C5H6O/c33-32(34)21-23(16-15-22-9-3-1-4-10-22)19-25-17-18-28-26-13-7-8-14-27(26)29(20-30(28)31(25)32)24-11-5-2-6-12-24;1-2-4-6-5-3-1/h1-14,17-18,20,23,25,31H,15-16,19,21H2;1-4H,5H2. The SMILES string of the molecule is BrC1(Br)CC(CCc2ccccc2)CC2C=Cc3c(cc(-c4ccccc4)c4ccccc34)C21.C1=CCOC=C1. The van der Waals surface area contributed by atoms with Crippen molar-refractivity contribution in [1.82, 2.24) is 0 Å². The molecule has 4 aromatic rings. The maximum Gasteiger partial charge on any atom is 0.106 e. The molecule has 7 rings (SSSR count). The maximum absolute atomic E-state index is 4.80. The van der Waals surface area contributed by atoms with E-state index in [4.69, 9.17) is 4.74 Å². The fourth-order valence-corrected chi connectivity index (χ4v) is 8.69. The Kier molecular flexibility index (Phi) is 8.41. The Bertz CT molecular complexity index is 1520. The van der Waals surface area contributed by atoms with E-state index in [9.17, 15) is 0 Å². The molecule has 0 saturated heterocycles. The first kappa shape index (κ1) is 27.3. The summed E-state index contributed by atoms with van der Waals surface area (Å²) >= 11 is 8.40. The predicted molar refractivity (Wildman–Crippen MR) is 177 cm³/mol. The van der Waals surface area contributed by atoms with Crippen molar-refractivity contribution < 1.29 is 4.74 Å². The van der Waals surface area contributed by atoms with Crippen LogP contribution in [0.4, 0.5) is 0 Å². The van der Waals surface area contributed by atoms with Gasteiger partial charge in [0.2, 0.25) is 0 Å². The molecule has 3 heteroatoms. The number of halogens is 2. The lowest BCUT2D eigenvalue weighted by Gasteiger charge is -2.46. The summed E-state index contributed by atoms with van der Waals surface area (Å²) in [5.74, 6) is 1.64. The molecule has 1 fully saturated rings. The second-order valence-electron chi connectivity index (χ2n) is 11.0. The van der Waals surface area contributed by atoms with Gasteiger partial charge in [0.1, 0.15) is 6.61 Å². The van der Waals surface area contributed by atoms with Crippen molar-refractivity contribution in [3.63, 3.8) is 0 Å². The van der Waals surface area contributed by atoms with Crippen LogP contribution in [0.15, 0.2) is 122 Å². The fraction of sp³-hybridized carbons (Fsp3) is 0.243. The van der Waals surface area contributed by atoms with Gasteiger partial charge in [0.05, 0.1) is 9.50 Å². The molecule has 3 atom stereocenters. The number of alkyl halides is 2. The van der Waals surface area contributed by atoms with Crippen LogP contribution < -0.4 is 0 Å². The molecule has 1 aliphatic heterocycles. The van der Waals surface area contributed by atoms with Crippen LogP contribution in [-0.4, -0.2) is 9.84 Å². The van der Waals surface area contributed by atoms with Gasteiger partial charge in [-0.25, -0.2) is 0 Å². The molecule has 40 heavy (non-hydrogen) atoms. The van der Waals surface area contributed by atoms with E-state index >= 15 is 0 Å². The van der Waals surface area contributed by atoms with Gasteiger partial charge in [-0.05, 0) is 94.3 Å². The van der Waals surface area contributed by atoms with Gasteiger partial charge in [0, 0.05) is 5.92 Å². The number of hydrogen-bond donors (Lipinski definition) is 0. The van der Waals surface area contributed by atoms with Gasteiger partial charge in [-0.2, -0.15) is 0 Å². The minimum Gasteiger partial charge on any atom is -0.497 e. The molecule has 0 radical (unpaired) electrons. The summed E-state index contributed by atoms with van der Waals surface area (Å²) in [7, 11) is 0. The van der Waals surface area contributed by atoms with E-state index in [1.165, 1.54) is 51.4 Å². The van der Waals surface area contributed by atoms with Crippen molar-refractivity contribution in [2.45, 2.75) is 34.8 Å². The predicted octanol–water partition coefficient (Wildman–Crippen LogP) is 10.8. The number of allylic oxidation sites excluding steroid dienone is 3. The van der Waals surface area contributed by atoms with Crippen molar-refractivity contribution in [3.8, 4) is 11.1 Å². The van der Waals surface area contributed by atoms with Crippen LogP contribution in [0.2, 0.25) is 0 Å². The average Bonchev–Trinajstić information content (AvgIpc) is 3.01. The van der Waals surface area contributed by atoms with Gasteiger partial charge in [-0.15, -0.1) is 0 Å². The summed E-state index contributed by atoms with van der Waals surface area (Å²) in [5.41, 5.74) is 6.94. The molecule has 3 unspecified atom stereocenters. The first-order valence-corrected chi connectivity index (χ1v) is 15.8. The summed E-state index contributed by atoms with van der Waals surface area (Å²) in [4.78, 5) is 0. The third kappa shape index (κ3) is 5.92. The summed E-state index contributed by atoms with van der Waals surface area (Å²) < 4.78 is 4.71. The molecule has 0 amide bonds. The first-order chi connectivity index (χ1) is 19.6.